The lowest BCUT2D eigenvalue weighted by Crippen LogP contribution is -2.33. The van der Waals surface area contributed by atoms with Gasteiger partial charge in [-0.15, -0.1) is 0 Å². The van der Waals surface area contributed by atoms with Crippen LogP contribution >= 0.6 is 0 Å². The second-order valence-corrected chi connectivity index (χ2v) is 7.81. The average Bonchev–Trinajstić information content (AvgIpc) is 3.30. The van der Waals surface area contributed by atoms with E-state index < -0.39 is 0 Å². The summed E-state index contributed by atoms with van der Waals surface area (Å²) in [6.45, 7) is 8.15. The Labute approximate surface area is 190 Å². The molecule has 0 unspecified atom stereocenters. The van der Waals surface area contributed by atoms with E-state index in [4.69, 9.17) is 4.74 Å². The second kappa shape index (κ2) is 10.9. The Hall–Kier alpha value is -3.18. The minimum atomic E-state index is 0.739. The molecule has 0 atom stereocenters. The van der Waals surface area contributed by atoms with Gasteiger partial charge in [0.1, 0.15) is 12.4 Å². The topological polar surface area (TPSA) is 42.7 Å². The van der Waals surface area contributed by atoms with Crippen molar-refractivity contribution in [2.75, 3.05) is 26.2 Å². The summed E-state index contributed by atoms with van der Waals surface area (Å²) >= 11 is 0. The Balaban J connectivity index is 0.00000119. The molecule has 3 heterocycles. The molecule has 2 aromatic carbocycles. The normalized spacial score (nSPS) is 14.1. The molecule has 5 rings (SSSR count). The van der Waals surface area contributed by atoms with Crippen molar-refractivity contribution < 1.29 is 4.74 Å². The number of fused-ring (bicyclic) bond motifs is 1. The standard InChI is InChI=1S/C25H26N4O.C2H6/c1-3-7-21(8-4-1)24-18-27-29-19-22(17-26-25(24)29)20-9-11-23(12-10-20)30-16-15-28-13-5-2-6-14-28;1-2/h1,3-4,7-12,17-19H,2,5-6,13-16H2;1-2H3. The van der Waals surface area contributed by atoms with Gasteiger partial charge >= 0.3 is 0 Å². The van der Waals surface area contributed by atoms with Crippen LogP contribution in [0.25, 0.3) is 27.9 Å². The number of nitrogens with zero attached hydrogens (tertiary/aromatic N) is 4. The zero-order valence-electron chi connectivity index (χ0n) is 19.1. The highest BCUT2D eigenvalue weighted by molar-refractivity contribution is 5.77. The first kappa shape index (κ1) is 22.0. The van der Waals surface area contributed by atoms with E-state index in [0.717, 1.165) is 46.8 Å². The lowest BCUT2D eigenvalue weighted by atomic mass is 10.1. The Morgan fingerprint density at radius 2 is 1.56 bits per heavy atom. The van der Waals surface area contributed by atoms with Gasteiger partial charge in [0, 0.05) is 30.1 Å². The van der Waals surface area contributed by atoms with Crippen LogP contribution in [0.1, 0.15) is 33.1 Å². The summed E-state index contributed by atoms with van der Waals surface area (Å²) in [5.41, 5.74) is 5.16. The molecule has 0 aliphatic carbocycles. The monoisotopic (exact) mass is 428 g/mol. The smallest absolute Gasteiger partial charge is 0.162 e. The molecule has 4 aromatic rings. The summed E-state index contributed by atoms with van der Waals surface area (Å²) in [5.74, 6) is 0.912. The van der Waals surface area contributed by atoms with Crippen LogP contribution in [-0.2, 0) is 0 Å². The van der Waals surface area contributed by atoms with Gasteiger partial charge in [0.2, 0.25) is 0 Å². The fourth-order valence-electron chi connectivity index (χ4n) is 4.06. The lowest BCUT2D eigenvalue weighted by Gasteiger charge is -2.26. The van der Waals surface area contributed by atoms with E-state index in [2.05, 4.69) is 39.2 Å². The molecule has 0 bridgehead atoms. The fraction of sp³-hybridized carbons (Fsp3) is 0.333. The van der Waals surface area contributed by atoms with Crippen molar-refractivity contribution in [1.82, 2.24) is 19.5 Å². The average molecular weight is 429 g/mol. The van der Waals surface area contributed by atoms with Crippen molar-refractivity contribution in [2.45, 2.75) is 33.1 Å². The molecule has 1 saturated heterocycles. The van der Waals surface area contributed by atoms with Crippen molar-refractivity contribution in [3.63, 3.8) is 0 Å². The van der Waals surface area contributed by atoms with Crippen molar-refractivity contribution in [1.29, 1.82) is 0 Å². The minimum absolute atomic E-state index is 0.739. The number of rotatable bonds is 6. The van der Waals surface area contributed by atoms with E-state index in [-0.39, 0.29) is 0 Å². The molecular weight excluding hydrogens is 396 g/mol. The first-order valence-electron chi connectivity index (χ1n) is 11.7. The van der Waals surface area contributed by atoms with Crippen LogP contribution in [0.4, 0.5) is 0 Å². The van der Waals surface area contributed by atoms with Crippen LogP contribution in [0.3, 0.4) is 0 Å². The molecule has 166 valence electrons. The van der Waals surface area contributed by atoms with Crippen LogP contribution < -0.4 is 4.74 Å². The zero-order valence-corrected chi connectivity index (χ0v) is 19.1. The summed E-state index contributed by atoms with van der Waals surface area (Å²) < 4.78 is 7.80. The maximum atomic E-state index is 5.95. The number of likely N-dealkylation sites (tertiary alicyclic amines) is 1. The lowest BCUT2D eigenvalue weighted by molar-refractivity contribution is 0.183. The Kier molecular flexibility index (Phi) is 7.51. The maximum absolute atomic E-state index is 5.95. The van der Waals surface area contributed by atoms with Crippen molar-refractivity contribution >= 4 is 5.65 Å². The van der Waals surface area contributed by atoms with E-state index in [1.165, 1.54) is 32.4 Å². The van der Waals surface area contributed by atoms with Crippen molar-refractivity contribution in [3.8, 4) is 28.0 Å². The van der Waals surface area contributed by atoms with Crippen LogP contribution in [0.5, 0.6) is 5.75 Å². The molecule has 5 heteroatoms. The third kappa shape index (κ3) is 5.17. The predicted molar refractivity (Wildman–Crippen MR) is 131 cm³/mol. The summed E-state index contributed by atoms with van der Waals surface area (Å²) in [7, 11) is 0. The molecule has 1 fully saturated rings. The SMILES string of the molecule is CC.c1ccc(-c2cnn3cc(-c4ccc(OCCN5CCCCC5)cc4)cnc23)cc1. The highest BCUT2D eigenvalue weighted by Crippen LogP contribution is 2.26. The number of hydrogen-bond acceptors (Lipinski definition) is 4. The molecule has 0 radical (unpaired) electrons. The van der Waals surface area contributed by atoms with Gasteiger partial charge < -0.3 is 4.74 Å². The molecule has 0 spiro atoms. The molecule has 0 amide bonds. The van der Waals surface area contributed by atoms with Gasteiger partial charge in [0.05, 0.1) is 6.20 Å². The molecule has 5 nitrogen and oxygen atoms in total. The highest BCUT2D eigenvalue weighted by Gasteiger charge is 2.11. The number of hydrogen-bond donors (Lipinski definition) is 0. The molecule has 1 aliphatic rings. The van der Waals surface area contributed by atoms with E-state index >= 15 is 0 Å². The van der Waals surface area contributed by atoms with Gasteiger partial charge in [0.25, 0.3) is 0 Å². The van der Waals surface area contributed by atoms with Crippen LogP contribution in [-0.4, -0.2) is 45.7 Å². The number of piperidine rings is 1. The Morgan fingerprint density at radius 3 is 2.31 bits per heavy atom. The summed E-state index contributed by atoms with van der Waals surface area (Å²) in [5, 5.41) is 4.51. The van der Waals surface area contributed by atoms with Gasteiger partial charge in [0.15, 0.2) is 5.65 Å². The summed E-state index contributed by atoms with van der Waals surface area (Å²) in [6.07, 6.45) is 9.81. The van der Waals surface area contributed by atoms with Gasteiger partial charge in [-0.05, 0) is 49.2 Å². The molecule has 2 aromatic heterocycles. The zero-order chi connectivity index (χ0) is 22.2. The number of aromatic nitrogens is 3. The molecule has 0 N–H and O–H groups in total. The largest absolute Gasteiger partial charge is 0.492 e. The highest BCUT2D eigenvalue weighted by atomic mass is 16.5. The minimum Gasteiger partial charge on any atom is -0.492 e. The quantitative estimate of drug-likeness (QED) is 0.380. The maximum Gasteiger partial charge on any atom is 0.162 e. The van der Waals surface area contributed by atoms with E-state index in [1.807, 2.05) is 67.3 Å². The van der Waals surface area contributed by atoms with Gasteiger partial charge in [-0.3, -0.25) is 4.90 Å². The summed E-state index contributed by atoms with van der Waals surface area (Å²) in [4.78, 5) is 7.17. The van der Waals surface area contributed by atoms with Crippen molar-refractivity contribution in [3.05, 3.63) is 73.2 Å². The molecule has 0 saturated carbocycles. The predicted octanol–water partition coefficient (Wildman–Crippen LogP) is 5.95. The van der Waals surface area contributed by atoms with E-state index in [1.54, 1.807) is 0 Å². The number of ether oxygens (including phenoxy) is 1. The Bertz CT molecular complexity index is 1100. The van der Waals surface area contributed by atoms with Gasteiger partial charge in [-0.2, -0.15) is 5.10 Å². The van der Waals surface area contributed by atoms with Crippen LogP contribution in [0.15, 0.2) is 73.2 Å². The van der Waals surface area contributed by atoms with E-state index in [0.29, 0.717) is 0 Å². The third-order valence-corrected chi connectivity index (χ3v) is 5.75. The summed E-state index contributed by atoms with van der Waals surface area (Å²) in [6, 6.07) is 18.5. The van der Waals surface area contributed by atoms with Gasteiger partial charge in [-0.25, -0.2) is 9.50 Å². The Morgan fingerprint density at radius 1 is 0.812 bits per heavy atom. The third-order valence-electron chi connectivity index (χ3n) is 5.75. The first-order valence-corrected chi connectivity index (χ1v) is 11.7. The molecule has 32 heavy (non-hydrogen) atoms. The van der Waals surface area contributed by atoms with Crippen LogP contribution in [0, 0.1) is 0 Å². The molecule has 1 aliphatic heterocycles. The van der Waals surface area contributed by atoms with Gasteiger partial charge in [-0.1, -0.05) is 62.7 Å². The van der Waals surface area contributed by atoms with E-state index in [9.17, 15) is 0 Å². The second-order valence-electron chi connectivity index (χ2n) is 7.81. The van der Waals surface area contributed by atoms with Crippen LogP contribution in [0.2, 0.25) is 0 Å². The number of benzene rings is 2. The molecular formula is C27H32N4O. The fourth-order valence-corrected chi connectivity index (χ4v) is 4.06. The first-order chi connectivity index (χ1) is 15.9. The van der Waals surface area contributed by atoms with Crippen molar-refractivity contribution in [2.24, 2.45) is 0 Å².